The predicted molar refractivity (Wildman–Crippen MR) is 93.4 cm³/mol. The quantitative estimate of drug-likeness (QED) is 0.234. The van der Waals surface area contributed by atoms with E-state index in [2.05, 4.69) is 0 Å². The molecule has 0 bridgehead atoms. The van der Waals surface area contributed by atoms with Crippen molar-refractivity contribution in [3.05, 3.63) is 0 Å². The molecule has 0 aromatic carbocycles. The number of aliphatic hydroxyl groups is 4. The lowest BCUT2D eigenvalue weighted by molar-refractivity contribution is -0.240. The fourth-order valence-electron chi connectivity index (χ4n) is 8.27. The third kappa shape index (κ3) is 1.43. The van der Waals surface area contributed by atoms with Gasteiger partial charge in [0.1, 0.15) is 12.2 Å². The third-order valence-electron chi connectivity index (χ3n) is 8.95. The van der Waals surface area contributed by atoms with Crippen molar-refractivity contribution in [2.75, 3.05) is 0 Å². The van der Waals surface area contributed by atoms with Crippen LogP contribution in [0, 0.1) is 28.1 Å². The Bertz CT molecular complexity index is 957. The number of fused-ring (bicyclic) bond motifs is 1. The van der Waals surface area contributed by atoms with Crippen molar-refractivity contribution in [3.8, 4) is 0 Å². The summed E-state index contributed by atoms with van der Waals surface area (Å²) in [5, 5.41) is 46.1. The third-order valence-corrected chi connectivity index (χ3v) is 8.95. The number of carbonyl (C=O) groups is 3. The monoisotopic (exact) mass is 440 g/mol. The first-order chi connectivity index (χ1) is 14.3. The summed E-state index contributed by atoms with van der Waals surface area (Å²) in [6.07, 6.45) is -9.69. The Labute approximate surface area is 176 Å². The zero-order chi connectivity index (χ0) is 22.7. The summed E-state index contributed by atoms with van der Waals surface area (Å²) in [5.74, 6) is -5.22. The Morgan fingerprint density at radius 2 is 1.58 bits per heavy atom. The average molecular weight is 440 g/mol. The molecule has 2 aliphatic carbocycles. The summed E-state index contributed by atoms with van der Waals surface area (Å²) in [4.78, 5) is 38.3. The van der Waals surface area contributed by atoms with Crippen molar-refractivity contribution in [2.24, 2.45) is 28.1 Å². The lowest BCUT2D eigenvalue weighted by Gasteiger charge is -2.47. The van der Waals surface area contributed by atoms with Crippen LogP contribution in [0.5, 0.6) is 0 Å². The van der Waals surface area contributed by atoms with Crippen molar-refractivity contribution in [2.45, 2.75) is 75.7 Å². The highest BCUT2D eigenvalue weighted by Gasteiger charge is 3.05. The van der Waals surface area contributed by atoms with Gasteiger partial charge in [0.2, 0.25) is 11.9 Å². The van der Waals surface area contributed by atoms with Crippen LogP contribution in [0.25, 0.3) is 0 Å². The van der Waals surface area contributed by atoms with Gasteiger partial charge in [0.15, 0.2) is 17.8 Å². The molecular formula is C20H24O11. The zero-order valence-electron chi connectivity index (χ0n) is 17.3. The van der Waals surface area contributed by atoms with Crippen molar-refractivity contribution in [1.82, 2.24) is 0 Å². The molecule has 6 aliphatic rings. The zero-order valence-corrected chi connectivity index (χ0v) is 17.3. The molecule has 11 heteroatoms. The highest BCUT2D eigenvalue weighted by molar-refractivity contribution is 5.94. The average Bonchev–Trinajstić information content (AvgIpc) is 3.35. The van der Waals surface area contributed by atoms with Crippen molar-refractivity contribution in [1.29, 1.82) is 0 Å². The predicted octanol–water partition coefficient (Wildman–Crippen LogP) is -2.40. The van der Waals surface area contributed by atoms with Gasteiger partial charge in [0, 0.05) is 5.92 Å². The summed E-state index contributed by atoms with van der Waals surface area (Å²) < 4.78 is 22.2. The molecule has 31 heavy (non-hydrogen) atoms. The molecule has 0 aromatic heterocycles. The van der Waals surface area contributed by atoms with Gasteiger partial charge in [-0.2, -0.15) is 0 Å². The number of rotatable bonds is 0. The molecule has 4 heterocycles. The number of esters is 3. The van der Waals surface area contributed by atoms with Crippen molar-refractivity contribution < 1.29 is 53.8 Å². The highest BCUT2D eigenvalue weighted by atomic mass is 16.8. The van der Waals surface area contributed by atoms with E-state index in [0.717, 1.165) is 0 Å². The maximum atomic E-state index is 13.4. The van der Waals surface area contributed by atoms with Crippen molar-refractivity contribution in [3.63, 3.8) is 0 Å². The van der Waals surface area contributed by atoms with Gasteiger partial charge in [-0.1, -0.05) is 20.8 Å². The molecule has 170 valence electrons. The first-order valence-corrected chi connectivity index (χ1v) is 10.3. The maximum Gasteiger partial charge on any atom is 0.343 e. The fraction of sp³-hybridized carbons (Fsp3) is 0.850. The summed E-state index contributed by atoms with van der Waals surface area (Å²) >= 11 is 0. The molecule has 0 amide bonds. The van der Waals surface area contributed by atoms with Crippen LogP contribution in [-0.2, 0) is 33.3 Å². The Hall–Kier alpha value is -1.79. The van der Waals surface area contributed by atoms with Crippen LogP contribution >= 0.6 is 0 Å². The van der Waals surface area contributed by atoms with Crippen molar-refractivity contribution >= 4 is 17.9 Å². The smallest absolute Gasteiger partial charge is 0.343 e. The Morgan fingerprint density at radius 1 is 0.935 bits per heavy atom. The van der Waals surface area contributed by atoms with Gasteiger partial charge in [-0.15, -0.1) is 0 Å². The van der Waals surface area contributed by atoms with Crippen LogP contribution in [0.2, 0.25) is 0 Å². The van der Waals surface area contributed by atoms with Crippen LogP contribution in [0.3, 0.4) is 0 Å². The molecule has 12 atom stereocenters. The van der Waals surface area contributed by atoms with E-state index >= 15 is 0 Å². The van der Waals surface area contributed by atoms with E-state index in [9.17, 15) is 34.8 Å². The van der Waals surface area contributed by atoms with Crippen LogP contribution in [0.4, 0.5) is 0 Å². The summed E-state index contributed by atoms with van der Waals surface area (Å²) in [5.41, 5.74) is -9.40. The van der Waals surface area contributed by atoms with Crippen LogP contribution in [0.15, 0.2) is 0 Å². The van der Waals surface area contributed by atoms with E-state index in [-0.39, 0.29) is 0 Å². The van der Waals surface area contributed by atoms with Gasteiger partial charge in [-0.3, -0.25) is 4.79 Å². The minimum Gasteiger partial charge on any atom is -0.456 e. The van der Waals surface area contributed by atoms with E-state index in [1.807, 2.05) is 0 Å². The molecule has 2 saturated carbocycles. The normalized spacial score (nSPS) is 61.0. The molecule has 6 rings (SSSR count). The molecule has 4 aliphatic heterocycles. The van der Waals surface area contributed by atoms with Gasteiger partial charge in [0.25, 0.3) is 0 Å². The largest absolute Gasteiger partial charge is 0.456 e. The Balaban J connectivity index is 1.75. The molecule has 6 fully saturated rings. The number of aliphatic hydroxyl groups excluding tert-OH is 3. The number of hydrogen-bond acceptors (Lipinski definition) is 11. The minimum absolute atomic E-state index is 0.792. The number of hydrogen-bond donors (Lipinski definition) is 4. The Kier molecular flexibility index (Phi) is 3.15. The molecule has 2 spiro atoms. The molecule has 4 saturated heterocycles. The molecule has 11 nitrogen and oxygen atoms in total. The fourth-order valence-corrected chi connectivity index (χ4v) is 8.27. The second-order valence-corrected chi connectivity index (χ2v) is 10.8. The minimum atomic E-state index is -2.40. The van der Waals surface area contributed by atoms with Crippen LogP contribution in [0.1, 0.15) is 27.7 Å². The molecule has 0 radical (unpaired) electrons. The molecule has 4 N–H and O–H groups in total. The first kappa shape index (κ1) is 19.9. The Morgan fingerprint density at radius 3 is 2.19 bits per heavy atom. The number of carbonyl (C=O) groups excluding carboxylic acids is 3. The topological polar surface area (TPSA) is 169 Å². The van der Waals surface area contributed by atoms with Gasteiger partial charge < -0.3 is 39.4 Å². The second kappa shape index (κ2) is 4.91. The van der Waals surface area contributed by atoms with E-state index in [0.29, 0.717) is 0 Å². The van der Waals surface area contributed by atoms with E-state index < -0.39 is 94.0 Å². The first-order valence-electron chi connectivity index (χ1n) is 10.3. The SMILES string of the molecule is CC1C(=O)O[C@@H]2C(O)[C@]34[C@H]5OC(=O)[C@]3(O[C@@H]3OC(=O)C(O)[C@]34C(C(C)(C)C)C5O)[C@]12O. The van der Waals surface area contributed by atoms with E-state index in [1.54, 1.807) is 20.8 Å². The van der Waals surface area contributed by atoms with E-state index in [1.165, 1.54) is 6.92 Å². The summed E-state index contributed by atoms with van der Waals surface area (Å²) in [6, 6.07) is 0. The highest BCUT2D eigenvalue weighted by Crippen LogP contribution is 2.84. The van der Waals surface area contributed by atoms with Gasteiger partial charge >= 0.3 is 17.9 Å². The molecule has 5 unspecified atom stereocenters. The lowest BCUT2D eigenvalue weighted by atomic mass is 9.51. The summed E-state index contributed by atoms with van der Waals surface area (Å²) in [6.45, 7) is 6.63. The number of ether oxygens (including phenoxy) is 4. The maximum absolute atomic E-state index is 13.4. The lowest BCUT2D eigenvalue weighted by Crippen LogP contribution is -2.67. The summed E-state index contributed by atoms with van der Waals surface area (Å²) in [7, 11) is 0. The van der Waals surface area contributed by atoms with Gasteiger partial charge in [-0.05, 0) is 12.3 Å². The van der Waals surface area contributed by atoms with E-state index in [4.69, 9.17) is 18.9 Å². The van der Waals surface area contributed by atoms with Gasteiger partial charge in [-0.25, -0.2) is 9.59 Å². The van der Waals surface area contributed by atoms with Crippen LogP contribution in [-0.4, -0.2) is 86.3 Å². The standard InChI is InChI=1S/C20H24O11/c1-5-12(24)28-11-8(22)18-10-6(21)7(16(2,3)4)17(18)9(23)13(25)30-15(17)31-20(18,14(26)29-10)19(5,11)27/h5-11,15,21-23,27H,1-4H3/t5?,6?,7?,8?,9?,10-,11+,15-,17+,18+,19-,20+/m0/s1. The van der Waals surface area contributed by atoms with Crippen LogP contribution < -0.4 is 0 Å². The second-order valence-electron chi connectivity index (χ2n) is 10.8. The molecule has 0 aromatic rings. The van der Waals surface area contributed by atoms with Gasteiger partial charge in [0.05, 0.1) is 22.9 Å². The molecular weight excluding hydrogens is 416 g/mol.